The monoisotopic (exact) mass is 449 g/mol. The second-order valence-electron chi connectivity index (χ2n) is 8.30. The zero-order valence-corrected chi connectivity index (χ0v) is 17.8. The number of fused-ring (bicyclic) bond motifs is 1. The largest absolute Gasteiger partial charge is 0.392 e. The van der Waals surface area contributed by atoms with Crippen molar-refractivity contribution in [3.8, 4) is 0 Å². The highest BCUT2D eigenvalue weighted by molar-refractivity contribution is 14.0. The average Bonchev–Trinajstić information content (AvgIpc) is 2.98. The maximum atomic E-state index is 10.4. The molecule has 1 aliphatic heterocycles. The van der Waals surface area contributed by atoms with Crippen LogP contribution in [0.15, 0.2) is 4.99 Å². The SMILES string of the molecule is CCNC(=NCC1(C)CCCCC1O)N1CC2CCCCC2C1.I. The third-order valence-corrected chi connectivity index (χ3v) is 6.48. The Morgan fingerprint density at radius 3 is 2.33 bits per heavy atom. The fourth-order valence-corrected chi connectivity index (χ4v) is 4.83. The summed E-state index contributed by atoms with van der Waals surface area (Å²) in [5, 5.41) is 13.9. The van der Waals surface area contributed by atoms with E-state index in [0.29, 0.717) is 0 Å². The summed E-state index contributed by atoms with van der Waals surface area (Å²) in [5.41, 5.74) is -0.0363. The fourth-order valence-electron chi connectivity index (χ4n) is 4.83. The molecular formula is C19H36IN3O. The lowest BCUT2D eigenvalue weighted by Crippen LogP contribution is -2.43. The number of nitrogens with zero attached hydrogens (tertiary/aromatic N) is 2. The Labute approximate surface area is 164 Å². The molecule has 3 rings (SSSR count). The highest BCUT2D eigenvalue weighted by atomic mass is 127. The molecule has 140 valence electrons. The minimum Gasteiger partial charge on any atom is -0.392 e. The minimum absolute atomic E-state index is 0. The summed E-state index contributed by atoms with van der Waals surface area (Å²) in [6, 6.07) is 0. The molecule has 1 heterocycles. The lowest BCUT2D eigenvalue weighted by atomic mass is 9.73. The lowest BCUT2D eigenvalue weighted by molar-refractivity contribution is 0.00705. The van der Waals surface area contributed by atoms with E-state index in [-0.39, 0.29) is 35.5 Å². The second-order valence-corrected chi connectivity index (χ2v) is 8.30. The van der Waals surface area contributed by atoms with Gasteiger partial charge in [0.05, 0.1) is 12.6 Å². The van der Waals surface area contributed by atoms with Crippen LogP contribution in [-0.2, 0) is 0 Å². The van der Waals surface area contributed by atoms with Crippen LogP contribution in [0.5, 0.6) is 0 Å². The second kappa shape index (κ2) is 9.06. The molecule has 1 saturated heterocycles. The van der Waals surface area contributed by atoms with Crippen molar-refractivity contribution in [2.75, 3.05) is 26.2 Å². The number of halogens is 1. The first kappa shape index (κ1) is 20.3. The van der Waals surface area contributed by atoms with Gasteiger partial charge in [0.1, 0.15) is 0 Å². The highest BCUT2D eigenvalue weighted by Crippen LogP contribution is 2.38. The zero-order chi connectivity index (χ0) is 16.3. The van der Waals surface area contributed by atoms with Crippen LogP contribution in [0.1, 0.15) is 65.2 Å². The molecule has 0 spiro atoms. The third kappa shape index (κ3) is 4.57. The molecule has 0 bridgehead atoms. The molecule has 5 heteroatoms. The van der Waals surface area contributed by atoms with E-state index in [1.54, 1.807) is 0 Å². The molecule has 4 unspecified atom stereocenters. The van der Waals surface area contributed by atoms with Gasteiger partial charge >= 0.3 is 0 Å². The van der Waals surface area contributed by atoms with Crippen LogP contribution in [0.4, 0.5) is 0 Å². The van der Waals surface area contributed by atoms with Crippen molar-refractivity contribution in [3.63, 3.8) is 0 Å². The summed E-state index contributed by atoms with van der Waals surface area (Å²) in [6.45, 7) is 8.39. The number of hydrogen-bond donors (Lipinski definition) is 2. The van der Waals surface area contributed by atoms with E-state index in [1.807, 2.05) is 0 Å². The van der Waals surface area contributed by atoms with Crippen LogP contribution >= 0.6 is 24.0 Å². The summed E-state index contributed by atoms with van der Waals surface area (Å²) >= 11 is 0. The van der Waals surface area contributed by atoms with Crippen molar-refractivity contribution in [2.45, 2.75) is 71.3 Å². The van der Waals surface area contributed by atoms with Crippen molar-refractivity contribution >= 4 is 29.9 Å². The van der Waals surface area contributed by atoms with Gasteiger partial charge < -0.3 is 15.3 Å². The maximum absolute atomic E-state index is 10.4. The predicted molar refractivity (Wildman–Crippen MR) is 111 cm³/mol. The van der Waals surface area contributed by atoms with Gasteiger partial charge in [0.15, 0.2) is 5.96 Å². The smallest absolute Gasteiger partial charge is 0.193 e. The van der Waals surface area contributed by atoms with E-state index < -0.39 is 0 Å². The van der Waals surface area contributed by atoms with E-state index in [4.69, 9.17) is 4.99 Å². The van der Waals surface area contributed by atoms with Crippen molar-refractivity contribution in [2.24, 2.45) is 22.2 Å². The van der Waals surface area contributed by atoms with Gasteiger partial charge in [0, 0.05) is 25.0 Å². The quantitative estimate of drug-likeness (QED) is 0.393. The molecule has 0 aromatic carbocycles. The predicted octanol–water partition coefficient (Wildman–Crippen LogP) is 3.63. The molecule has 4 atom stereocenters. The highest BCUT2D eigenvalue weighted by Gasteiger charge is 2.37. The fraction of sp³-hybridized carbons (Fsp3) is 0.947. The van der Waals surface area contributed by atoms with Gasteiger partial charge in [0.2, 0.25) is 0 Å². The van der Waals surface area contributed by atoms with Crippen molar-refractivity contribution in [1.29, 1.82) is 0 Å². The standard InChI is InChI=1S/C19H35N3O.HI/c1-3-20-18(21-14-19(2)11-7-6-10-17(19)23)22-12-15-8-4-5-9-16(15)13-22;/h15-17,23H,3-14H2,1-2H3,(H,20,21);1H. The first-order valence-corrected chi connectivity index (χ1v) is 9.84. The number of guanidine groups is 1. The molecule has 0 aromatic heterocycles. The van der Waals surface area contributed by atoms with Crippen LogP contribution in [0.25, 0.3) is 0 Å². The summed E-state index contributed by atoms with van der Waals surface area (Å²) in [7, 11) is 0. The molecule has 2 N–H and O–H groups in total. The third-order valence-electron chi connectivity index (χ3n) is 6.48. The molecule has 4 nitrogen and oxygen atoms in total. The van der Waals surface area contributed by atoms with E-state index in [1.165, 1.54) is 45.2 Å². The van der Waals surface area contributed by atoms with Gasteiger partial charge in [-0.1, -0.05) is 32.6 Å². The zero-order valence-electron chi connectivity index (χ0n) is 15.5. The van der Waals surface area contributed by atoms with Crippen molar-refractivity contribution in [1.82, 2.24) is 10.2 Å². The van der Waals surface area contributed by atoms with Gasteiger partial charge in [-0.15, -0.1) is 24.0 Å². The minimum atomic E-state index is -0.191. The lowest BCUT2D eigenvalue weighted by Gasteiger charge is -2.37. The number of rotatable bonds is 3. The van der Waals surface area contributed by atoms with Gasteiger partial charge in [-0.2, -0.15) is 0 Å². The molecule has 24 heavy (non-hydrogen) atoms. The van der Waals surface area contributed by atoms with Gasteiger partial charge in [-0.3, -0.25) is 4.99 Å². The summed E-state index contributed by atoms with van der Waals surface area (Å²) < 4.78 is 0. The maximum Gasteiger partial charge on any atom is 0.193 e. The number of aliphatic imine (C=N–C) groups is 1. The number of aliphatic hydroxyl groups excluding tert-OH is 1. The molecule has 2 saturated carbocycles. The molecule has 0 radical (unpaired) electrons. The topological polar surface area (TPSA) is 47.9 Å². The molecule has 2 aliphatic carbocycles. The van der Waals surface area contributed by atoms with Gasteiger partial charge in [0.25, 0.3) is 0 Å². The van der Waals surface area contributed by atoms with Crippen LogP contribution in [0.2, 0.25) is 0 Å². The number of aliphatic hydroxyl groups is 1. The van der Waals surface area contributed by atoms with Gasteiger partial charge in [-0.05, 0) is 44.4 Å². The summed E-state index contributed by atoms with van der Waals surface area (Å²) in [6.07, 6.45) is 9.86. The summed E-state index contributed by atoms with van der Waals surface area (Å²) in [4.78, 5) is 7.46. The van der Waals surface area contributed by atoms with Crippen LogP contribution in [0.3, 0.4) is 0 Å². The Kier molecular flexibility index (Phi) is 7.65. The Hall–Kier alpha value is -0.0400. The number of nitrogens with one attached hydrogen (secondary N) is 1. The van der Waals surface area contributed by atoms with Crippen molar-refractivity contribution in [3.05, 3.63) is 0 Å². The van der Waals surface area contributed by atoms with Crippen LogP contribution in [0, 0.1) is 17.3 Å². The Bertz CT molecular complexity index is 417. The number of likely N-dealkylation sites (tertiary alicyclic amines) is 1. The summed E-state index contributed by atoms with van der Waals surface area (Å²) in [5.74, 6) is 2.84. The Morgan fingerprint density at radius 1 is 1.12 bits per heavy atom. The Morgan fingerprint density at radius 2 is 1.75 bits per heavy atom. The normalized spacial score (nSPS) is 36.9. The van der Waals surface area contributed by atoms with Crippen molar-refractivity contribution < 1.29 is 5.11 Å². The first-order valence-electron chi connectivity index (χ1n) is 9.84. The van der Waals surface area contributed by atoms with Crippen LogP contribution < -0.4 is 5.32 Å². The molecule has 3 fully saturated rings. The average molecular weight is 449 g/mol. The van der Waals surface area contributed by atoms with E-state index in [0.717, 1.165) is 50.1 Å². The molecule has 0 amide bonds. The molecule has 0 aromatic rings. The molecule has 3 aliphatic rings. The number of hydrogen-bond acceptors (Lipinski definition) is 2. The molecular weight excluding hydrogens is 413 g/mol. The Balaban J connectivity index is 0.00000208. The van der Waals surface area contributed by atoms with E-state index in [2.05, 4.69) is 24.1 Å². The van der Waals surface area contributed by atoms with Crippen LogP contribution in [-0.4, -0.2) is 48.2 Å². The van der Waals surface area contributed by atoms with Gasteiger partial charge in [-0.25, -0.2) is 0 Å². The van der Waals surface area contributed by atoms with E-state index >= 15 is 0 Å². The van der Waals surface area contributed by atoms with E-state index in [9.17, 15) is 5.11 Å². The first-order chi connectivity index (χ1) is 11.1.